The second-order valence-electron chi connectivity index (χ2n) is 17.4. The molecule has 12 aromatic rings. The lowest BCUT2D eigenvalue weighted by molar-refractivity contribution is 0.883. The minimum Gasteiger partial charge on any atom is -0.309 e. The fourth-order valence-corrected chi connectivity index (χ4v) is 11.6. The topological polar surface area (TPSA) is 9.86 Å². The highest BCUT2D eigenvalue weighted by atomic mass is 15.0. The Bertz CT molecular complexity index is 3580. The molecule has 0 saturated carbocycles. The van der Waals surface area contributed by atoms with Crippen molar-refractivity contribution in [2.24, 2.45) is 0 Å². The number of aromatic nitrogens is 2. The fraction of sp³-hybridized carbons (Fsp3) is 0.0667. The Morgan fingerprint density at radius 2 is 0.726 bits per heavy atom. The Kier molecular flexibility index (Phi) is 7.10. The Morgan fingerprint density at radius 1 is 0.306 bits per heavy atom. The zero-order valence-corrected chi connectivity index (χ0v) is 34.2. The van der Waals surface area contributed by atoms with E-state index in [1.165, 1.54) is 132 Å². The molecule has 0 fully saturated rings. The standard InChI is InChI=1S/C60H40N2/c1-3-17-43(18-4-1)61-55-31-27-39(47-23-11-15-37-13-7-9-21-45(37)47)33-51(55)53-35-41-25-26-42-36-54-52-34-40(48-24-12-16-38-14-8-10-22-46(38)48)28-32-56(52)62(44-19-5-2-6-20-44)60(54)50-30-29-49(59(53)61)57(41)58(42)50/h1-24,27-28,31-36H,25-26,29-30H2. The molecular formula is C60H40N2. The van der Waals surface area contributed by atoms with Gasteiger partial charge in [-0.3, -0.25) is 0 Å². The lowest BCUT2D eigenvalue weighted by Crippen LogP contribution is -2.16. The maximum Gasteiger partial charge on any atom is 0.0579 e. The van der Waals surface area contributed by atoms with Gasteiger partial charge < -0.3 is 9.13 Å². The van der Waals surface area contributed by atoms with Crippen LogP contribution in [0.15, 0.2) is 194 Å². The lowest BCUT2D eigenvalue weighted by Gasteiger charge is -2.31. The van der Waals surface area contributed by atoms with E-state index in [2.05, 4.69) is 203 Å². The van der Waals surface area contributed by atoms with Gasteiger partial charge in [0.1, 0.15) is 0 Å². The third-order valence-corrected chi connectivity index (χ3v) is 14.2. The number of aryl methyl sites for hydroxylation is 4. The summed E-state index contributed by atoms with van der Waals surface area (Å²) in [6.45, 7) is 0. The van der Waals surface area contributed by atoms with E-state index in [0.29, 0.717) is 0 Å². The van der Waals surface area contributed by atoms with E-state index >= 15 is 0 Å². The van der Waals surface area contributed by atoms with Gasteiger partial charge in [-0.2, -0.15) is 0 Å². The van der Waals surface area contributed by atoms with Gasteiger partial charge in [-0.15, -0.1) is 0 Å². The van der Waals surface area contributed by atoms with Gasteiger partial charge >= 0.3 is 0 Å². The second kappa shape index (κ2) is 12.9. The van der Waals surface area contributed by atoms with Crippen LogP contribution in [0.5, 0.6) is 0 Å². The second-order valence-corrected chi connectivity index (χ2v) is 17.4. The molecule has 0 aliphatic heterocycles. The molecule has 2 aliphatic rings. The molecule has 0 bridgehead atoms. The van der Waals surface area contributed by atoms with Crippen molar-refractivity contribution >= 4 is 65.2 Å². The normalized spacial score (nSPS) is 13.2. The van der Waals surface area contributed by atoms with Crippen molar-refractivity contribution in [1.82, 2.24) is 9.13 Å². The summed E-state index contributed by atoms with van der Waals surface area (Å²) in [7, 11) is 0. The van der Waals surface area contributed by atoms with Gasteiger partial charge in [0.05, 0.1) is 22.1 Å². The number of para-hydroxylation sites is 2. The first-order chi connectivity index (χ1) is 30.8. The lowest BCUT2D eigenvalue weighted by atomic mass is 9.74. The number of hydrogen-bond acceptors (Lipinski definition) is 0. The van der Waals surface area contributed by atoms with Crippen LogP contribution < -0.4 is 0 Å². The van der Waals surface area contributed by atoms with Crippen molar-refractivity contribution in [2.75, 3.05) is 0 Å². The molecule has 0 amide bonds. The molecule has 62 heavy (non-hydrogen) atoms. The molecule has 2 aliphatic carbocycles. The van der Waals surface area contributed by atoms with Gasteiger partial charge in [-0.05, 0) is 164 Å². The van der Waals surface area contributed by atoms with E-state index < -0.39 is 0 Å². The average Bonchev–Trinajstić information content (AvgIpc) is 3.85. The van der Waals surface area contributed by atoms with Crippen LogP contribution in [-0.2, 0) is 25.7 Å². The molecule has 2 heterocycles. The van der Waals surface area contributed by atoms with Gasteiger partial charge in [0.25, 0.3) is 0 Å². The molecule has 290 valence electrons. The number of nitrogens with zero attached hydrogens (tertiary/aromatic N) is 2. The first-order valence-electron chi connectivity index (χ1n) is 22.1. The van der Waals surface area contributed by atoms with E-state index in [4.69, 9.17) is 0 Å². The molecule has 0 spiro atoms. The van der Waals surface area contributed by atoms with Crippen LogP contribution in [0.4, 0.5) is 0 Å². The van der Waals surface area contributed by atoms with E-state index in [-0.39, 0.29) is 0 Å². The zero-order valence-electron chi connectivity index (χ0n) is 34.2. The summed E-state index contributed by atoms with van der Waals surface area (Å²) in [5, 5.41) is 10.5. The largest absolute Gasteiger partial charge is 0.309 e. The van der Waals surface area contributed by atoms with Crippen LogP contribution >= 0.6 is 0 Å². The summed E-state index contributed by atoms with van der Waals surface area (Å²) < 4.78 is 5.14. The number of rotatable bonds is 4. The number of hydrogen-bond donors (Lipinski definition) is 0. The number of fused-ring (bicyclic) bond motifs is 10. The first-order valence-corrected chi connectivity index (χ1v) is 22.1. The molecule has 2 nitrogen and oxygen atoms in total. The van der Waals surface area contributed by atoms with Crippen molar-refractivity contribution in [1.29, 1.82) is 0 Å². The van der Waals surface area contributed by atoms with E-state index in [1.54, 1.807) is 0 Å². The van der Waals surface area contributed by atoms with Crippen LogP contribution in [0.25, 0.3) is 110 Å². The highest BCUT2D eigenvalue weighted by Crippen LogP contribution is 2.52. The van der Waals surface area contributed by atoms with Crippen molar-refractivity contribution in [3.63, 3.8) is 0 Å². The molecule has 10 aromatic carbocycles. The molecule has 0 N–H and O–H groups in total. The highest BCUT2D eigenvalue weighted by Gasteiger charge is 2.33. The monoisotopic (exact) mass is 788 g/mol. The predicted octanol–water partition coefficient (Wildman–Crippen LogP) is 15.4. The van der Waals surface area contributed by atoms with Gasteiger partial charge in [-0.25, -0.2) is 0 Å². The molecule has 14 rings (SSSR count). The summed E-state index contributed by atoms with van der Waals surface area (Å²) in [4.78, 5) is 0. The SMILES string of the molecule is c1ccc(-n2c3ccc(-c4cccc5ccccc45)cc3c3cc4c5c(c32)CCc2c-5c(cc3c5cc(-c6cccc7ccccc67)ccc5n(-c5ccccc5)c23)CC4)cc1. The van der Waals surface area contributed by atoms with Gasteiger partial charge in [0.2, 0.25) is 0 Å². The van der Waals surface area contributed by atoms with E-state index in [1.807, 2.05) is 0 Å². The maximum absolute atomic E-state index is 2.58. The van der Waals surface area contributed by atoms with Crippen LogP contribution in [-0.4, -0.2) is 9.13 Å². The van der Waals surface area contributed by atoms with Gasteiger partial charge in [-0.1, -0.05) is 133 Å². The quantitative estimate of drug-likeness (QED) is 0.168. The van der Waals surface area contributed by atoms with Gasteiger partial charge in [0.15, 0.2) is 0 Å². The molecule has 0 atom stereocenters. The minimum atomic E-state index is 0.988. The molecule has 0 saturated heterocycles. The van der Waals surface area contributed by atoms with Crippen LogP contribution in [0.3, 0.4) is 0 Å². The molecule has 0 radical (unpaired) electrons. The summed E-state index contributed by atoms with van der Waals surface area (Å²) in [5.41, 5.74) is 21.7. The first kappa shape index (κ1) is 34.1. The third kappa shape index (κ3) is 4.75. The molecular weight excluding hydrogens is 749 g/mol. The average molecular weight is 789 g/mol. The predicted molar refractivity (Wildman–Crippen MR) is 261 cm³/mol. The van der Waals surface area contributed by atoms with Gasteiger partial charge in [0, 0.05) is 32.9 Å². The van der Waals surface area contributed by atoms with E-state index in [0.717, 1.165) is 25.7 Å². The smallest absolute Gasteiger partial charge is 0.0579 e. The Balaban J connectivity index is 1.05. The summed E-state index contributed by atoms with van der Waals surface area (Å²) in [5.74, 6) is 0. The summed E-state index contributed by atoms with van der Waals surface area (Å²) in [6.07, 6.45) is 4.05. The van der Waals surface area contributed by atoms with Crippen molar-refractivity contribution in [2.45, 2.75) is 25.7 Å². The fourth-order valence-electron chi connectivity index (χ4n) is 11.6. The van der Waals surface area contributed by atoms with Crippen LogP contribution in [0.1, 0.15) is 22.3 Å². The molecule has 2 aromatic heterocycles. The Labute approximate surface area is 359 Å². The van der Waals surface area contributed by atoms with Crippen molar-refractivity contribution in [3.05, 3.63) is 216 Å². The zero-order chi connectivity index (χ0) is 40.5. The Morgan fingerprint density at radius 3 is 1.19 bits per heavy atom. The maximum atomic E-state index is 2.58. The van der Waals surface area contributed by atoms with E-state index in [9.17, 15) is 0 Å². The molecule has 2 heteroatoms. The minimum absolute atomic E-state index is 0.988. The number of benzene rings is 10. The van der Waals surface area contributed by atoms with Crippen LogP contribution in [0.2, 0.25) is 0 Å². The third-order valence-electron chi connectivity index (χ3n) is 14.2. The Hall–Kier alpha value is -7.68. The molecule has 0 unspecified atom stereocenters. The van der Waals surface area contributed by atoms with Crippen LogP contribution in [0, 0.1) is 0 Å². The summed E-state index contributed by atoms with van der Waals surface area (Å²) >= 11 is 0. The highest BCUT2D eigenvalue weighted by molar-refractivity contribution is 6.17. The van der Waals surface area contributed by atoms with Crippen molar-refractivity contribution in [3.8, 4) is 44.8 Å². The summed E-state index contributed by atoms with van der Waals surface area (Å²) in [6, 6.07) is 72.6. The van der Waals surface area contributed by atoms with Crippen molar-refractivity contribution < 1.29 is 0 Å².